The first-order valence-corrected chi connectivity index (χ1v) is 3.63. The van der Waals surface area contributed by atoms with Crippen LogP contribution in [0.4, 0.5) is 0 Å². The highest BCUT2D eigenvalue weighted by Crippen LogP contribution is 2.12. The van der Waals surface area contributed by atoms with Crippen LogP contribution in [-0.4, -0.2) is 15.4 Å². The predicted molar refractivity (Wildman–Crippen MR) is 44.5 cm³/mol. The molecule has 0 saturated carbocycles. The molecule has 0 fully saturated rings. The van der Waals surface area contributed by atoms with Gasteiger partial charge in [0.05, 0.1) is 12.2 Å². The number of hydrogen-bond donors (Lipinski definition) is 3. The van der Waals surface area contributed by atoms with E-state index in [1.807, 2.05) is 0 Å². The summed E-state index contributed by atoms with van der Waals surface area (Å²) in [5.41, 5.74) is 3.41. The fourth-order valence-electron chi connectivity index (χ4n) is 0.923. The van der Waals surface area contributed by atoms with Crippen LogP contribution in [0.15, 0.2) is 6.20 Å². The number of aromatic amines is 1. The van der Waals surface area contributed by atoms with Gasteiger partial charge in [0.15, 0.2) is 0 Å². The smallest absolute Gasteiger partial charge is 0.101 e. The van der Waals surface area contributed by atoms with Crippen LogP contribution in [0, 0.1) is 12.3 Å². The van der Waals surface area contributed by atoms with Gasteiger partial charge in [-0.3, -0.25) is 11.3 Å². The van der Waals surface area contributed by atoms with Gasteiger partial charge < -0.3 is 0 Å². The van der Waals surface area contributed by atoms with E-state index in [2.05, 4.69) is 26.8 Å². The molecule has 5 heteroatoms. The molecule has 1 unspecified atom stereocenters. The van der Waals surface area contributed by atoms with Gasteiger partial charge in [0, 0.05) is 6.42 Å². The lowest BCUT2D eigenvalue weighted by Crippen LogP contribution is -2.28. The van der Waals surface area contributed by atoms with Crippen LogP contribution in [0.1, 0.15) is 24.6 Å². The summed E-state index contributed by atoms with van der Waals surface area (Å²) in [6.45, 7) is 0. The van der Waals surface area contributed by atoms with Gasteiger partial charge in [-0.05, 0) is 6.42 Å². The topological polar surface area (TPSA) is 79.6 Å². The van der Waals surface area contributed by atoms with Crippen LogP contribution in [0.25, 0.3) is 0 Å². The van der Waals surface area contributed by atoms with E-state index < -0.39 is 0 Å². The van der Waals surface area contributed by atoms with E-state index in [4.69, 9.17) is 12.3 Å². The molecule has 0 saturated heterocycles. The van der Waals surface area contributed by atoms with Crippen molar-refractivity contribution >= 4 is 0 Å². The zero-order valence-corrected chi connectivity index (χ0v) is 6.62. The van der Waals surface area contributed by atoms with Gasteiger partial charge in [-0.1, -0.05) is 0 Å². The minimum Gasteiger partial charge on any atom is -0.271 e. The van der Waals surface area contributed by atoms with Gasteiger partial charge in [-0.25, -0.2) is 0 Å². The molecule has 1 heterocycles. The summed E-state index contributed by atoms with van der Waals surface area (Å²) in [4.78, 5) is 0. The Morgan fingerprint density at radius 2 is 2.67 bits per heavy atom. The summed E-state index contributed by atoms with van der Waals surface area (Å²) < 4.78 is 0. The van der Waals surface area contributed by atoms with E-state index in [0.29, 0.717) is 6.42 Å². The van der Waals surface area contributed by atoms with Crippen molar-refractivity contribution < 1.29 is 0 Å². The van der Waals surface area contributed by atoms with Crippen LogP contribution >= 0.6 is 0 Å². The van der Waals surface area contributed by atoms with Crippen LogP contribution in [0.3, 0.4) is 0 Å². The Morgan fingerprint density at radius 1 is 1.83 bits per heavy atom. The lowest BCUT2D eigenvalue weighted by atomic mass is 10.1. The van der Waals surface area contributed by atoms with Gasteiger partial charge in [-0.2, -0.15) is 15.4 Å². The van der Waals surface area contributed by atoms with Crippen LogP contribution in [0.2, 0.25) is 0 Å². The molecule has 1 aromatic rings. The number of rotatable bonds is 4. The molecule has 64 valence electrons. The first-order valence-electron chi connectivity index (χ1n) is 3.63. The van der Waals surface area contributed by atoms with E-state index in [-0.39, 0.29) is 6.04 Å². The Kier molecular flexibility index (Phi) is 3.26. The molecule has 0 bridgehead atoms. The van der Waals surface area contributed by atoms with Crippen molar-refractivity contribution in [3.05, 3.63) is 11.9 Å². The molecule has 1 rings (SSSR count). The second-order valence-electron chi connectivity index (χ2n) is 2.36. The predicted octanol–water partition coefficient (Wildman–Crippen LogP) is -0.278. The number of nitrogens with one attached hydrogen (secondary N) is 2. The lowest BCUT2D eigenvalue weighted by molar-refractivity contribution is 0.510. The van der Waals surface area contributed by atoms with Crippen LogP contribution in [-0.2, 0) is 0 Å². The highest BCUT2D eigenvalue weighted by Gasteiger charge is 2.10. The number of aromatic nitrogens is 3. The van der Waals surface area contributed by atoms with E-state index in [1.54, 1.807) is 6.20 Å². The maximum absolute atomic E-state index is 5.30. The average molecular weight is 165 g/mol. The number of H-pyrrole nitrogens is 1. The summed E-state index contributed by atoms with van der Waals surface area (Å²) in [6.07, 6.45) is 8.18. The van der Waals surface area contributed by atoms with Gasteiger partial charge in [0.2, 0.25) is 0 Å². The molecular weight excluding hydrogens is 154 g/mol. The first kappa shape index (κ1) is 8.71. The molecular formula is C7H11N5. The van der Waals surface area contributed by atoms with Gasteiger partial charge in [-0.15, -0.1) is 12.3 Å². The molecule has 1 aromatic heterocycles. The second-order valence-corrected chi connectivity index (χ2v) is 2.36. The van der Waals surface area contributed by atoms with Gasteiger partial charge >= 0.3 is 0 Å². The van der Waals surface area contributed by atoms with E-state index in [9.17, 15) is 0 Å². The molecule has 0 aliphatic carbocycles. The molecule has 0 spiro atoms. The zero-order chi connectivity index (χ0) is 8.81. The Balaban J connectivity index is 2.52. The summed E-state index contributed by atoms with van der Waals surface area (Å²) in [6, 6.07) is -0.0141. The lowest BCUT2D eigenvalue weighted by Gasteiger charge is -2.09. The summed E-state index contributed by atoms with van der Waals surface area (Å²) in [7, 11) is 0. The van der Waals surface area contributed by atoms with Crippen molar-refractivity contribution in [3.8, 4) is 12.3 Å². The molecule has 5 nitrogen and oxygen atoms in total. The molecule has 4 N–H and O–H groups in total. The standard InChI is InChI=1S/C7H11N5/c1-2-3-4-6(10-8)7-5-9-12-11-7/h1,5-6,10H,3-4,8H2,(H,9,11,12). The fraction of sp³-hybridized carbons (Fsp3) is 0.429. The summed E-state index contributed by atoms with van der Waals surface area (Å²) >= 11 is 0. The third-order valence-electron chi connectivity index (χ3n) is 1.57. The molecule has 0 aliphatic heterocycles. The van der Waals surface area contributed by atoms with Crippen molar-refractivity contribution in [2.45, 2.75) is 18.9 Å². The number of terminal acetylenes is 1. The van der Waals surface area contributed by atoms with Crippen LogP contribution < -0.4 is 11.3 Å². The minimum absolute atomic E-state index is 0.0141. The van der Waals surface area contributed by atoms with Crippen molar-refractivity contribution in [2.24, 2.45) is 5.84 Å². The number of hydrogen-bond acceptors (Lipinski definition) is 4. The number of nitrogens with two attached hydrogens (primary N) is 1. The number of hydrazine groups is 1. The third kappa shape index (κ3) is 2.05. The molecule has 0 amide bonds. The van der Waals surface area contributed by atoms with E-state index >= 15 is 0 Å². The SMILES string of the molecule is C#CCCC(NN)c1cn[nH]n1. The quantitative estimate of drug-likeness (QED) is 0.326. The van der Waals surface area contributed by atoms with Gasteiger partial charge in [0.1, 0.15) is 5.69 Å². The Labute approximate surface area is 70.7 Å². The molecule has 0 radical (unpaired) electrons. The third-order valence-corrected chi connectivity index (χ3v) is 1.57. The normalized spacial score (nSPS) is 12.3. The molecule has 0 aromatic carbocycles. The first-order chi connectivity index (χ1) is 5.88. The van der Waals surface area contributed by atoms with Crippen molar-refractivity contribution in [2.75, 3.05) is 0 Å². The van der Waals surface area contributed by atoms with E-state index in [0.717, 1.165) is 12.1 Å². The maximum atomic E-state index is 5.30. The molecule has 1 atom stereocenters. The van der Waals surface area contributed by atoms with Gasteiger partial charge in [0.25, 0.3) is 0 Å². The maximum Gasteiger partial charge on any atom is 0.101 e. The summed E-state index contributed by atoms with van der Waals surface area (Å²) in [5.74, 6) is 7.84. The fourth-order valence-corrected chi connectivity index (χ4v) is 0.923. The van der Waals surface area contributed by atoms with Crippen molar-refractivity contribution in [1.82, 2.24) is 20.8 Å². The van der Waals surface area contributed by atoms with Crippen molar-refractivity contribution in [1.29, 1.82) is 0 Å². The molecule has 12 heavy (non-hydrogen) atoms. The second kappa shape index (κ2) is 4.49. The van der Waals surface area contributed by atoms with E-state index in [1.165, 1.54) is 0 Å². The average Bonchev–Trinajstić information content (AvgIpc) is 2.59. The Hall–Kier alpha value is -1.38. The number of nitrogens with zero attached hydrogens (tertiary/aromatic N) is 2. The minimum atomic E-state index is -0.0141. The summed E-state index contributed by atoms with van der Waals surface area (Å²) in [5, 5.41) is 10.1. The highest BCUT2D eigenvalue weighted by atomic mass is 15.3. The zero-order valence-electron chi connectivity index (χ0n) is 6.62. The monoisotopic (exact) mass is 165 g/mol. The largest absolute Gasteiger partial charge is 0.271 e. The Bertz CT molecular complexity index is 247. The highest BCUT2D eigenvalue weighted by molar-refractivity contribution is 5.00. The van der Waals surface area contributed by atoms with Crippen molar-refractivity contribution in [3.63, 3.8) is 0 Å². The Morgan fingerprint density at radius 3 is 3.17 bits per heavy atom. The molecule has 0 aliphatic rings. The van der Waals surface area contributed by atoms with Crippen LogP contribution in [0.5, 0.6) is 0 Å².